The van der Waals surface area contributed by atoms with Crippen LogP contribution in [0.2, 0.25) is 0 Å². The summed E-state index contributed by atoms with van der Waals surface area (Å²) in [6, 6.07) is 6.73. The van der Waals surface area contributed by atoms with Gasteiger partial charge in [0.15, 0.2) is 0 Å². The Morgan fingerprint density at radius 3 is 2.65 bits per heavy atom. The van der Waals surface area contributed by atoms with Gasteiger partial charge < -0.3 is 11.1 Å². The van der Waals surface area contributed by atoms with Gasteiger partial charge in [0.05, 0.1) is 0 Å². The number of nitrogens with one attached hydrogen (secondary N) is 1. The zero-order valence-corrected chi connectivity index (χ0v) is 11.4. The van der Waals surface area contributed by atoms with Gasteiger partial charge in [0, 0.05) is 0 Å². The number of hydrogen-bond acceptors (Lipinski definition) is 2. The Labute approximate surface area is 106 Å². The molecule has 1 aromatic carbocycles. The largest absolute Gasteiger partial charge is 0.330 e. The topological polar surface area (TPSA) is 38.0 Å². The van der Waals surface area contributed by atoms with Crippen molar-refractivity contribution in [3.8, 4) is 0 Å². The highest BCUT2D eigenvalue weighted by Gasteiger charge is 2.00. The third-order valence-electron chi connectivity index (χ3n) is 3.31. The van der Waals surface area contributed by atoms with Crippen LogP contribution < -0.4 is 11.1 Å². The van der Waals surface area contributed by atoms with E-state index in [4.69, 9.17) is 5.73 Å². The van der Waals surface area contributed by atoms with Gasteiger partial charge in [-0.25, -0.2) is 0 Å². The molecule has 1 unspecified atom stereocenters. The lowest BCUT2D eigenvalue weighted by molar-refractivity contribution is 0.489. The molecule has 0 amide bonds. The van der Waals surface area contributed by atoms with E-state index in [2.05, 4.69) is 44.3 Å². The van der Waals surface area contributed by atoms with Crippen LogP contribution in [0.4, 0.5) is 0 Å². The Morgan fingerprint density at radius 1 is 1.24 bits per heavy atom. The Hall–Kier alpha value is -0.860. The lowest BCUT2D eigenvalue weighted by Crippen LogP contribution is -2.24. The molecule has 1 atom stereocenters. The summed E-state index contributed by atoms with van der Waals surface area (Å²) in [6.45, 7) is 9.50. The van der Waals surface area contributed by atoms with Gasteiger partial charge >= 0.3 is 0 Å². The average molecular weight is 234 g/mol. The molecular weight excluding hydrogens is 208 g/mol. The van der Waals surface area contributed by atoms with Crippen LogP contribution in [0, 0.1) is 19.8 Å². The molecule has 0 aliphatic carbocycles. The molecule has 0 aromatic heterocycles. The quantitative estimate of drug-likeness (QED) is 0.711. The van der Waals surface area contributed by atoms with Gasteiger partial charge in [-0.3, -0.25) is 0 Å². The monoisotopic (exact) mass is 234 g/mol. The van der Waals surface area contributed by atoms with Crippen molar-refractivity contribution in [2.45, 2.75) is 33.6 Å². The molecule has 0 saturated carbocycles. The van der Waals surface area contributed by atoms with E-state index < -0.39 is 0 Å². The van der Waals surface area contributed by atoms with E-state index in [9.17, 15) is 0 Å². The van der Waals surface area contributed by atoms with E-state index >= 15 is 0 Å². The standard InChI is InChI=1S/C15H26N2/c1-12(6-8-16)11-17-9-7-15-5-4-13(2)14(3)10-15/h4-5,10,12,17H,6-9,11,16H2,1-3H3. The number of benzene rings is 1. The summed E-state index contributed by atoms with van der Waals surface area (Å²) in [5.74, 6) is 0.680. The molecule has 0 heterocycles. The molecule has 0 aliphatic heterocycles. The maximum Gasteiger partial charge on any atom is -0.000824 e. The summed E-state index contributed by atoms with van der Waals surface area (Å²) in [7, 11) is 0. The van der Waals surface area contributed by atoms with E-state index in [1.54, 1.807) is 0 Å². The summed E-state index contributed by atoms with van der Waals surface area (Å²) in [5.41, 5.74) is 9.71. The average Bonchev–Trinajstić information content (AvgIpc) is 2.29. The number of nitrogens with two attached hydrogens (primary N) is 1. The molecule has 2 heteroatoms. The van der Waals surface area contributed by atoms with Gasteiger partial charge in [0.2, 0.25) is 0 Å². The van der Waals surface area contributed by atoms with Crippen molar-refractivity contribution in [3.05, 3.63) is 34.9 Å². The number of aryl methyl sites for hydroxylation is 2. The first-order valence-electron chi connectivity index (χ1n) is 6.60. The second-order valence-electron chi connectivity index (χ2n) is 5.06. The first-order valence-corrected chi connectivity index (χ1v) is 6.60. The van der Waals surface area contributed by atoms with Crippen molar-refractivity contribution in [1.82, 2.24) is 5.32 Å². The fourth-order valence-corrected chi connectivity index (χ4v) is 1.93. The molecule has 1 aromatic rings. The molecule has 96 valence electrons. The Balaban J connectivity index is 2.24. The molecule has 0 saturated heterocycles. The Morgan fingerprint density at radius 2 is 2.00 bits per heavy atom. The van der Waals surface area contributed by atoms with Crippen molar-refractivity contribution in [1.29, 1.82) is 0 Å². The van der Waals surface area contributed by atoms with Gasteiger partial charge in [-0.15, -0.1) is 0 Å². The highest BCUT2D eigenvalue weighted by molar-refractivity contribution is 5.29. The maximum atomic E-state index is 5.53. The van der Waals surface area contributed by atoms with Gasteiger partial charge in [-0.2, -0.15) is 0 Å². The summed E-state index contributed by atoms with van der Waals surface area (Å²) >= 11 is 0. The molecular formula is C15H26N2. The smallest absolute Gasteiger partial charge is 0.000824 e. The van der Waals surface area contributed by atoms with Crippen molar-refractivity contribution in [2.24, 2.45) is 11.7 Å². The van der Waals surface area contributed by atoms with Crippen molar-refractivity contribution < 1.29 is 0 Å². The molecule has 0 spiro atoms. The van der Waals surface area contributed by atoms with E-state index in [0.717, 1.165) is 32.5 Å². The minimum atomic E-state index is 0.680. The molecule has 0 aliphatic rings. The van der Waals surface area contributed by atoms with Crippen LogP contribution >= 0.6 is 0 Å². The van der Waals surface area contributed by atoms with Gasteiger partial charge in [0.1, 0.15) is 0 Å². The van der Waals surface area contributed by atoms with Gasteiger partial charge in [0.25, 0.3) is 0 Å². The lowest BCUT2D eigenvalue weighted by Gasteiger charge is -2.11. The van der Waals surface area contributed by atoms with Crippen LogP contribution in [-0.4, -0.2) is 19.6 Å². The molecule has 3 N–H and O–H groups in total. The predicted octanol–water partition coefficient (Wildman–Crippen LogP) is 2.42. The minimum Gasteiger partial charge on any atom is -0.330 e. The van der Waals surface area contributed by atoms with Crippen LogP contribution in [-0.2, 0) is 6.42 Å². The van der Waals surface area contributed by atoms with Crippen molar-refractivity contribution in [2.75, 3.05) is 19.6 Å². The SMILES string of the molecule is Cc1ccc(CCNCC(C)CCN)cc1C. The minimum absolute atomic E-state index is 0.680. The van der Waals surface area contributed by atoms with E-state index in [-0.39, 0.29) is 0 Å². The van der Waals surface area contributed by atoms with E-state index in [0.29, 0.717) is 5.92 Å². The van der Waals surface area contributed by atoms with Crippen LogP contribution in [0.5, 0.6) is 0 Å². The highest BCUT2D eigenvalue weighted by Crippen LogP contribution is 2.09. The second-order valence-corrected chi connectivity index (χ2v) is 5.06. The molecule has 0 fully saturated rings. The maximum absolute atomic E-state index is 5.53. The molecule has 0 bridgehead atoms. The third-order valence-corrected chi connectivity index (χ3v) is 3.31. The summed E-state index contributed by atoms with van der Waals surface area (Å²) in [6.07, 6.45) is 2.22. The normalized spacial score (nSPS) is 12.7. The lowest BCUT2D eigenvalue weighted by atomic mass is 10.0. The Bertz CT molecular complexity index is 334. The zero-order chi connectivity index (χ0) is 12.7. The first kappa shape index (κ1) is 14.2. The molecule has 1 rings (SSSR count). The van der Waals surface area contributed by atoms with Crippen LogP contribution in [0.25, 0.3) is 0 Å². The first-order chi connectivity index (χ1) is 8.13. The highest BCUT2D eigenvalue weighted by atomic mass is 14.8. The summed E-state index contributed by atoms with van der Waals surface area (Å²) in [5, 5.41) is 3.50. The number of hydrogen-bond donors (Lipinski definition) is 2. The third kappa shape index (κ3) is 5.33. The van der Waals surface area contributed by atoms with Crippen LogP contribution in [0.1, 0.15) is 30.0 Å². The van der Waals surface area contributed by atoms with E-state index in [1.807, 2.05) is 0 Å². The fraction of sp³-hybridized carbons (Fsp3) is 0.600. The van der Waals surface area contributed by atoms with Crippen molar-refractivity contribution in [3.63, 3.8) is 0 Å². The zero-order valence-electron chi connectivity index (χ0n) is 11.4. The van der Waals surface area contributed by atoms with E-state index in [1.165, 1.54) is 16.7 Å². The molecule has 17 heavy (non-hydrogen) atoms. The van der Waals surface area contributed by atoms with Gasteiger partial charge in [-0.1, -0.05) is 25.1 Å². The second kappa shape index (κ2) is 7.46. The number of rotatable bonds is 7. The fourth-order valence-electron chi connectivity index (χ4n) is 1.93. The summed E-state index contributed by atoms with van der Waals surface area (Å²) in [4.78, 5) is 0. The van der Waals surface area contributed by atoms with Gasteiger partial charge in [-0.05, 0) is 68.9 Å². The van der Waals surface area contributed by atoms with Crippen LogP contribution in [0.15, 0.2) is 18.2 Å². The van der Waals surface area contributed by atoms with Crippen molar-refractivity contribution >= 4 is 0 Å². The molecule has 2 nitrogen and oxygen atoms in total. The van der Waals surface area contributed by atoms with Crippen LogP contribution in [0.3, 0.4) is 0 Å². The predicted molar refractivity (Wildman–Crippen MR) is 75.3 cm³/mol. The summed E-state index contributed by atoms with van der Waals surface area (Å²) < 4.78 is 0. The Kier molecular flexibility index (Phi) is 6.23. The molecule has 0 radical (unpaired) electrons.